The van der Waals surface area contributed by atoms with Gasteiger partial charge in [0.25, 0.3) is 5.91 Å². The number of hydrogen-bond donors (Lipinski definition) is 3. The highest BCUT2D eigenvalue weighted by molar-refractivity contribution is 7.80. The van der Waals surface area contributed by atoms with E-state index in [1.54, 1.807) is 18.2 Å². The van der Waals surface area contributed by atoms with Crippen molar-refractivity contribution in [2.24, 2.45) is 5.92 Å². The van der Waals surface area contributed by atoms with Crippen LogP contribution in [-0.4, -0.2) is 22.5 Å². The molecule has 0 spiro atoms. The van der Waals surface area contributed by atoms with Crippen molar-refractivity contribution < 1.29 is 9.59 Å². The standard InChI is InChI=1S/C21H31N3O2S/c1-21(2,3)24-19(26)16-10-7-11-17(14-16)22-20(27)23-18(25)13-12-15-8-5-4-6-9-15/h7,10-11,14-15H,4-6,8-9,12-13H2,1-3H3,(H,24,26)(H2,22,23,25,27). The zero-order chi connectivity index (χ0) is 19.9. The van der Waals surface area contributed by atoms with Crippen LogP contribution in [0.3, 0.4) is 0 Å². The van der Waals surface area contributed by atoms with Gasteiger partial charge in [-0.1, -0.05) is 38.2 Å². The molecule has 0 saturated heterocycles. The Bertz CT molecular complexity index is 676. The third-order valence-electron chi connectivity index (χ3n) is 4.63. The second-order valence-electron chi connectivity index (χ2n) is 8.33. The van der Waals surface area contributed by atoms with Gasteiger partial charge in [-0.25, -0.2) is 0 Å². The number of rotatable bonds is 5. The molecule has 0 unspecified atom stereocenters. The van der Waals surface area contributed by atoms with Gasteiger partial charge in [-0.15, -0.1) is 0 Å². The van der Waals surface area contributed by atoms with Crippen LogP contribution in [0.4, 0.5) is 5.69 Å². The number of amides is 2. The normalized spacial score (nSPS) is 15.1. The van der Waals surface area contributed by atoms with Crippen molar-refractivity contribution in [2.75, 3.05) is 5.32 Å². The van der Waals surface area contributed by atoms with Crippen LogP contribution in [0.1, 0.15) is 76.1 Å². The lowest BCUT2D eigenvalue weighted by molar-refractivity contribution is -0.120. The van der Waals surface area contributed by atoms with E-state index in [2.05, 4.69) is 16.0 Å². The van der Waals surface area contributed by atoms with Crippen molar-refractivity contribution in [2.45, 2.75) is 71.3 Å². The predicted octanol–water partition coefficient (Wildman–Crippen LogP) is 4.39. The van der Waals surface area contributed by atoms with Gasteiger partial charge < -0.3 is 16.0 Å². The highest BCUT2D eigenvalue weighted by atomic mass is 32.1. The molecule has 5 nitrogen and oxygen atoms in total. The van der Waals surface area contributed by atoms with Crippen molar-refractivity contribution in [1.29, 1.82) is 0 Å². The predicted molar refractivity (Wildman–Crippen MR) is 114 cm³/mol. The molecule has 0 radical (unpaired) electrons. The van der Waals surface area contributed by atoms with E-state index in [4.69, 9.17) is 12.2 Å². The van der Waals surface area contributed by atoms with Gasteiger partial charge in [-0.3, -0.25) is 9.59 Å². The fourth-order valence-electron chi connectivity index (χ4n) is 3.31. The van der Waals surface area contributed by atoms with Crippen LogP contribution >= 0.6 is 12.2 Å². The monoisotopic (exact) mass is 389 g/mol. The van der Waals surface area contributed by atoms with Gasteiger partial charge >= 0.3 is 0 Å². The Balaban J connectivity index is 1.81. The minimum atomic E-state index is -0.303. The van der Waals surface area contributed by atoms with E-state index in [0.29, 0.717) is 23.6 Å². The summed E-state index contributed by atoms with van der Waals surface area (Å²) in [5.74, 6) is 0.470. The van der Waals surface area contributed by atoms with E-state index in [0.717, 1.165) is 6.42 Å². The van der Waals surface area contributed by atoms with Gasteiger partial charge in [0.2, 0.25) is 5.91 Å². The van der Waals surface area contributed by atoms with Crippen molar-refractivity contribution in [3.63, 3.8) is 0 Å². The summed E-state index contributed by atoms with van der Waals surface area (Å²) in [6.45, 7) is 5.81. The molecule has 1 saturated carbocycles. The van der Waals surface area contributed by atoms with Gasteiger partial charge in [0.05, 0.1) is 0 Å². The molecule has 1 aliphatic carbocycles. The molecule has 0 aliphatic heterocycles. The van der Waals surface area contributed by atoms with E-state index in [-0.39, 0.29) is 22.5 Å². The maximum Gasteiger partial charge on any atom is 0.251 e. The first kappa shape index (κ1) is 21.4. The zero-order valence-corrected chi connectivity index (χ0v) is 17.4. The molecule has 6 heteroatoms. The van der Waals surface area contributed by atoms with Crippen LogP contribution in [0.2, 0.25) is 0 Å². The summed E-state index contributed by atoms with van der Waals surface area (Å²) >= 11 is 5.24. The zero-order valence-electron chi connectivity index (χ0n) is 16.6. The van der Waals surface area contributed by atoms with E-state index in [1.807, 2.05) is 26.8 Å². The lowest BCUT2D eigenvalue weighted by atomic mass is 9.86. The van der Waals surface area contributed by atoms with Gasteiger partial charge in [-0.2, -0.15) is 0 Å². The van der Waals surface area contributed by atoms with Crippen LogP contribution in [0, 0.1) is 5.92 Å². The molecule has 0 bridgehead atoms. The SMILES string of the molecule is CC(C)(C)NC(=O)c1cccc(NC(=S)NC(=O)CCC2CCCCC2)c1. The highest BCUT2D eigenvalue weighted by Crippen LogP contribution is 2.27. The largest absolute Gasteiger partial charge is 0.347 e. The smallest absolute Gasteiger partial charge is 0.251 e. The van der Waals surface area contributed by atoms with Crippen molar-refractivity contribution in [3.05, 3.63) is 29.8 Å². The van der Waals surface area contributed by atoms with Gasteiger partial charge in [-0.05, 0) is 63.5 Å². The molecule has 3 N–H and O–H groups in total. The number of hydrogen-bond acceptors (Lipinski definition) is 3. The summed E-state index contributed by atoms with van der Waals surface area (Å²) in [4.78, 5) is 24.4. The average Bonchev–Trinajstić information content (AvgIpc) is 2.59. The highest BCUT2D eigenvalue weighted by Gasteiger charge is 2.17. The van der Waals surface area contributed by atoms with Crippen LogP contribution in [0.15, 0.2) is 24.3 Å². The fourth-order valence-corrected chi connectivity index (χ4v) is 3.55. The number of carbonyl (C=O) groups is 2. The second-order valence-corrected chi connectivity index (χ2v) is 8.74. The Labute approximate surface area is 167 Å². The third kappa shape index (κ3) is 8.08. The second kappa shape index (κ2) is 9.83. The molecule has 0 heterocycles. The van der Waals surface area contributed by atoms with Crippen molar-refractivity contribution >= 4 is 34.8 Å². The van der Waals surface area contributed by atoms with Gasteiger partial charge in [0.1, 0.15) is 0 Å². The number of benzene rings is 1. The lowest BCUT2D eigenvalue weighted by Gasteiger charge is -2.21. The summed E-state index contributed by atoms with van der Waals surface area (Å²) in [5, 5.41) is 8.91. The molecule has 2 amide bonds. The molecule has 0 atom stereocenters. The Kier molecular flexibility index (Phi) is 7.78. The molecule has 1 aromatic rings. The van der Waals surface area contributed by atoms with Crippen LogP contribution < -0.4 is 16.0 Å². The van der Waals surface area contributed by atoms with Gasteiger partial charge in [0.15, 0.2) is 5.11 Å². The van der Waals surface area contributed by atoms with Crippen LogP contribution in [-0.2, 0) is 4.79 Å². The molecule has 0 aromatic heterocycles. The number of thiocarbonyl (C=S) groups is 1. The van der Waals surface area contributed by atoms with E-state index in [9.17, 15) is 9.59 Å². The van der Waals surface area contributed by atoms with Crippen molar-refractivity contribution in [3.8, 4) is 0 Å². The minimum absolute atomic E-state index is 0.0558. The van der Waals surface area contributed by atoms with Crippen LogP contribution in [0.25, 0.3) is 0 Å². The summed E-state index contributed by atoms with van der Waals surface area (Å²) in [6.07, 6.45) is 7.79. The molecule has 1 aliphatic rings. The maximum atomic E-state index is 12.3. The van der Waals surface area contributed by atoms with E-state index in [1.165, 1.54) is 32.1 Å². The van der Waals surface area contributed by atoms with E-state index < -0.39 is 0 Å². The average molecular weight is 390 g/mol. The minimum Gasteiger partial charge on any atom is -0.347 e. The van der Waals surface area contributed by atoms with E-state index >= 15 is 0 Å². The first-order valence-electron chi connectivity index (χ1n) is 9.76. The molecule has 1 aromatic carbocycles. The first-order valence-corrected chi connectivity index (χ1v) is 10.2. The molecule has 148 valence electrons. The number of carbonyl (C=O) groups excluding carboxylic acids is 2. The summed E-state index contributed by atoms with van der Waals surface area (Å²) < 4.78 is 0. The Morgan fingerprint density at radius 3 is 2.52 bits per heavy atom. The quantitative estimate of drug-likeness (QED) is 0.653. The number of nitrogens with one attached hydrogen (secondary N) is 3. The molecule has 27 heavy (non-hydrogen) atoms. The summed E-state index contributed by atoms with van der Waals surface area (Å²) in [5.41, 5.74) is 0.915. The van der Waals surface area contributed by atoms with Crippen LogP contribution in [0.5, 0.6) is 0 Å². The lowest BCUT2D eigenvalue weighted by Crippen LogP contribution is -2.40. The Morgan fingerprint density at radius 1 is 1.15 bits per heavy atom. The Hall–Kier alpha value is -1.95. The molecular formula is C21H31N3O2S. The topological polar surface area (TPSA) is 70.2 Å². The molecule has 2 rings (SSSR count). The van der Waals surface area contributed by atoms with Crippen molar-refractivity contribution in [1.82, 2.24) is 10.6 Å². The Morgan fingerprint density at radius 2 is 1.85 bits per heavy atom. The first-order chi connectivity index (χ1) is 12.7. The fraction of sp³-hybridized carbons (Fsp3) is 0.571. The summed E-state index contributed by atoms with van der Waals surface area (Å²) in [6, 6.07) is 7.07. The molecular weight excluding hydrogens is 358 g/mol. The van der Waals surface area contributed by atoms with Gasteiger partial charge in [0, 0.05) is 23.2 Å². The number of anilines is 1. The maximum absolute atomic E-state index is 12.3. The summed E-state index contributed by atoms with van der Waals surface area (Å²) in [7, 11) is 0. The molecule has 1 fully saturated rings. The third-order valence-corrected chi connectivity index (χ3v) is 4.83.